The van der Waals surface area contributed by atoms with E-state index in [9.17, 15) is 71.9 Å². The second-order valence-electron chi connectivity index (χ2n) is 20.9. The van der Waals surface area contributed by atoms with Crippen LogP contribution in [0, 0.1) is 0 Å². The Hall–Kier alpha value is -9.78. The molecule has 0 aliphatic rings. The smallest absolute Gasteiger partial charge is 0.870 e. The Kier molecular flexibility index (Phi) is 26.0. The first-order chi connectivity index (χ1) is 46.0. The van der Waals surface area contributed by atoms with Crippen molar-refractivity contribution in [3.05, 3.63) is 246 Å². The molecule has 0 bridgehead atoms. The SMILES string of the molecule is COC(=O)c1cc(C(F)(F)F)n(Cc2ccc3ccc(Cl)cc3c2)n1.COC(=O)c1cc(C(F)(F)F)nn1Cc1ccc2ncc(Cl)cc2c1.O.O=C(O)c1cc(C(F)(F)F)n(Cc2ccc3ccc(Cl)cc3c2)n1.O=C(O)c1cc(C(F)(F)F)nn1Cc1ccc2ncc(Cl)cc2c1.[Li+].[OH-]. The number of carboxylic acids is 2. The summed E-state index contributed by atoms with van der Waals surface area (Å²) in [5.74, 6) is -4.81. The third-order valence-electron chi connectivity index (χ3n) is 14.0. The summed E-state index contributed by atoms with van der Waals surface area (Å²) in [5, 5.41) is 38.8. The number of pyridine rings is 2. The molecule has 0 saturated heterocycles. The van der Waals surface area contributed by atoms with Gasteiger partial charge in [0.15, 0.2) is 22.8 Å². The third-order valence-corrected chi connectivity index (χ3v) is 14.9. The first-order valence-corrected chi connectivity index (χ1v) is 29.2. The Morgan fingerprint density at radius 1 is 0.396 bits per heavy atom. The fraction of sp³-hybridized carbons (Fsp3) is 0.156. The van der Waals surface area contributed by atoms with E-state index >= 15 is 0 Å². The number of carbonyl (C=O) groups excluding carboxylic acids is 2. The normalized spacial score (nSPS) is 11.4. The van der Waals surface area contributed by atoms with Gasteiger partial charge in [-0.05, 0) is 117 Å². The molecule has 12 rings (SSSR count). The van der Waals surface area contributed by atoms with E-state index in [4.69, 9.17) is 56.6 Å². The largest absolute Gasteiger partial charge is 1.00 e. The number of ether oxygens (including phenoxy) is 2. The van der Waals surface area contributed by atoms with E-state index in [2.05, 4.69) is 39.8 Å². The van der Waals surface area contributed by atoms with Crippen molar-refractivity contribution in [3.8, 4) is 0 Å². The van der Waals surface area contributed by atoms with Crippen molar-refractivity contribution < 1.29 is 121 Å². The molecule has 0 aliphatic heterocycles. The van der Waals surface area contributed by atoms with Crippen LogP contribution in [0.2, 0.25) is 20.1 Å². The number of carbonyl (C=O) groups is 4. The second kappa shape index (κ2) is 32.7. The van der Waals surface area contributed by atoms with E-state index in [0.29, 0.717) is 87.7 Å². The first-order valence-electron chi connectivity index (χ1n) is 27.7. The van der Waals surface area contributed by atoms with E-state index in [1.807, 2.05) is 6.07 Å². The predicted molar refractivity (Wildman–Crippen MR) is 339 cm³/mol. The Balaban J connectivity index is 0.000000210. The van der Waals surface area contributed by atoms with E-state index < -0.39 is 88.4 Å². The molecule has 6 aromatic carbocycles. The summed E-state index contributed by atoms with van der Waals surface area (Å²) in [4.78, 5) is 53.5. The number of halogens is 16. The number of rotatable bonds is 12. The van der Waals surface area contributed by atoms with Gasteiger partial charge >= 0.3 is 67.4 Å². The molecule has 0 saturated carbocycles. The van der Waals surface area contributed by atoms with Crippen molar-refractivity contribution >= 4 is 114 Å². The Morgan fingerprint density at radius 3 is 1.13 bits per heavy atom. The summed E-state index contributed by atoms with van der Waals surface area (Å²) >= 11 is 23.6. The molecule has 0 aliphatic carbocycles. The number of hydrogen-bond donors (Lipinski definition) is 2. The van der Waals surface area contributed by atoms with Crippen LogP contribution in [-0.4, -0.2) is 108 Å². The minimum absolute atomic E-state index is 0. The maximum absolute atomic E-state index is 13.2. The van der Waals surface area contributed by atoms with Gasteiger partial charge < -0.3 is 30.6 Å². The van der Waals surface area contributed by atoms with Crippen LogP contribution in [0.15, 0.2) is 158 Å². The fourth-order valence-electron chi connectivity index (χ4n) is 9.56. The zero-order valence-corrected chi connectivity index (χ0v) is 54.7. The van der Waals surface area contributed by atoms with Crippen molar-refractivity contribution in [3.63, 3.8) is 0 Å². The number of hydrogen-bond acceptors (Lipinski definition) is 13. The molecule has 0 spiro atoms. The van der Waals surface area contributed by atoms with Gasteiger partial charge in [0.2, 0.25) is 0 Å². The van der Waals surface area contributed by atoms with Gasteiger partial charge in [-0.25, -0.2) is 19.2 Å². The zero-order valence-electron chi connectivity index (χ0n) is 51.7. The summed E-state index contributed by atoms with van der Waals surface area (Å²) in [6.07, 6.45) is -15.7. The van der Waals surface area contributed by atoms with Gasteiger partial charge in [0.1, 0.15) is 22.8 Å². The fourth-order valence-corrected chi connectivity index (χ4v) is 10.3. The van der Waals surface area contributed by atoms with E-state index in [0.717, 1.165) is 55.2 Å². The molecule has 5 N–H and O–H groups in total. The summed E-state index contributed by atoms with van der Waals surface area (Å²) in [6.45, 7) is -0.512. The monoisotopic (exact) mass is 1490 g/mol. The summed E-state index contributed by atoms with van der Waals surface area (Å²) in [5.41, 5.74) is -2.65. The van der Waals surface area contributed by atoms with E-state index in [1.165, 1.54) is 12.4 Å². The van der Waals surface area contributed by atoms with Gasteiger partial charge in [0, 0.05) is 57.5 Å². The van der Waals surface area contributed by atoms with Crippen LogP contribution in [0.5, 0.6) is 0 Å². The van der Waals surface area contributed by atoms with Gasteiger partial charge in [-0.1, -0.05) is 94.9 Å². The minimum atomic E-state index is -4.71. The number of benzene rings is 6. The molecule has 0 radical (unpaired) electrons. The van der Waals surface area contributed by atoms with Crippen LogP contribution in [0.25, 0.3) is 43.4 Å². The number of esters is 2. The van der Waals surface area contributed by atoms with Gasteiger partial charge in [0.25, 0.3) is 0 Å². The molecule has 524 valence electrons. The standard InChI is InChI=1S/C17H12ClF3N2O2.C16H11ClF3N3O2.C16H10ClF3N2O2.C15H9ClF3N3O2.Li.2H2O/c1-25-16(24)14-8-15(17(19,20)21)23(22-14)9-10-2-3-11-4-5-13(18)7-12(11)6-10;1-25-15(24)13-6-14(16(18,19)20)22-23(13)8-9-2-3-12-10(4-9)5-11(17)7-21-12;17-12-4-3-10-2-1-9(5-11(10)6-12)8-22-14(16(18,19)20)7-13(21-22)15(23)24;16-10-4-9-3-8(1-2-11(9)20-6-10)7-22-12(14(23)24)5-13(21-22)15(17,18)19;;;/h2-8H,9H2,1H3;2-7H,8H2,1H3;1-7H,8H2,(H,23,24);1-6H,7H2,(H,23,24);;2*1H2/q;;;;+1;;/p-1. The van der Waals surface area contributed by atoms with Crippen LogP contribution < -0.4 is 18.9 Å². The Labute approximate surface area is 591 Å². The second-order valence-corrected chi connectivity index (χ2v) is 22.6. The van der Waals surface area contributed by atoms with Crippen molar-refractivity contribution in [1.82, 2.24) is 49.1 Å². The van der Waals surface area contributed by atoms with Crippen LogP contribution >= 0.6 is 46.4 Å². The van der Waals surface area contributed by atoms with Crippen molar-refractivity contribution in [2.75, 3.05) is 14.2 Å². The van der Waals surface area contributed by atoms with Crippen LogP contribution in [0.4, 0.5) is 52.7 Å². The number of alkyl halides is 12. The van der Waals surface area contributed by atoms with Gasteiger partial charge in [0.05, 0.1) is 61.5 Å². The number of fused-ring (bicyclic) bond motifs is 4. The Morgan fingerprint density at radius 2 is 0.743 bits per heavy atom. The maximum Gasteiger partial charge on any atom is 1.00 e. The molecule has 0 fully saturated rings. The molecule has 0 amide bonds. The molecule has 0 atom stereocenters. The Bertz CT molecular complexity index is 5030. The van der Waals surface area contributed by atoms with Crippen molar-refractivity contribution in [2.24, 2.45) is 0 Å². The van der Waals surface area contributed by atoms with Crippen LogP contribution in [0.3, 0.4) is 0 Å². The molecule has 12 aromatic rings. The van der Waals surface area contributed by atoms with Crippen LogP contribution in [0.1, 0.15) is 87.0 Å². The summed E-state index contributed by atoms with van der Waals surface area (Å²) in [6, 6.07) is 36.8. The zero-order chi connectivity index (χ0) is 71.3. The maximum atomic E-state index is 13.2. The average Bonchev–Trinajstić information content (AvgIpc) is 1.74. The number of carboxylic acid groups (broad SMARTS) is 2. The van der Waals surface area contributed by atoms with E-state index in [1.54, 1.807) is 115 Å². The molecule has 101 heavy (non-hydrogen) atoms. The molecule has 6 aromatic heterocycles. The summed E-state index contributed by atoms with van der Waals surface area (Å²) < 4.78 is 168. The topological polar surface area (TPSA) is 286 Å². The average molecular weight is 1490 g/mol. The van der Waals surface area contributed by atoms with E-state index in [-0.39, 0.29) is 61.7 Å². The summed E-state index contributed by atoms with van der Waals surface area (Å²) in [7, 11) is 2.18. The van der Waals surface area contributed by atoms with Crippen molar-refractivity contribution in [2.45, 2.75) is 50.9 Å². The first kappa shape index (κ1) is 80.2. The predicted octanol–water partition coefficient (Wildman–Crippen LogP) is 12.8. The molecule has 0 unspecified atom stereocenters. The number of aromatic carboxylic acids is 2. The van der Waals surface area contributed by atoms with Gasteiger partial charge in [-0.15, -0.1) is 0 Å². The van der Waals surface area contributed by atoms with Gasteiger partial charge in [-0.2, -0.15) is 73.1 Å². The minimum Gasteiger partial charge on any atom is -0.870 e. The molecule has 20 nitrogen and oxygen atoms in total. The molecule has 37 heteroatoms. The van der Waals surface area contributed by atoms with Gasteiger partial charge in [-0.3, -0.25) is 28.7 Å². The number of nitrogens with zero attached hydrogens (tertiary/aromatic N) is 10. The number of methoxy groups -OCH3 is 2. The van der Waals surface area contributed by atoms with Crippen LogP contribution in [-0.2, 0) is 60.4 Å². The quantitative estimate of drug-likeness (QED) is 0.0653. The molecule has 6 heterocycles. The molecular formula is C64H45Cl4F12LiN10O10. The third kappa shape index (κ3) is 20.2. The molecular weight excluding hydrogens is 1450 g/mol. The number of aromatic nitrogens is 10. The van der Waals surface area contributed by atoms with Crippen molar-refractivity contribution in [1.29, 1.82) is 0 Å².